The lowest BCUT2D eigenvalue weighted by Gasteiger charge is -2.29. The summed E-state index contributed by atoms with van der Waals surface area (Å²) in [6.45, 7) is 1.63. The fraction of sp³-hybridized carbons (Fsp3) is 0.857. The van der Waals surface area contributed by atoms with E-state index >= 15 is 0 Å². The van der Waals surface area contributed by atoms with Gasteiger partial charge in [0.05, 0.1) is 13.0 Å². The van der Waals surface area contributed by atoms with Crippen molar-refractivity contribution >= 4 is 11.9 Å². The van der Waals surface area contributed by atoms with Crippen LogP contribution in [0.3, 0.4) is 0 Å². The quantitative estimate of drug-likeness (QED) is 0.699. The molecule has 0 saturated heterocycles. The Balaban J connectivity index is 2.38. The maximum atomic E-state index is 12.2. The largest absolute Gasteiger partial charge is 0.469 e. The number of hydrogen-bond donors (Lipinski definition) is 0. The third kappa shape index (κ3) is 4.82. The highest BCUT2D eigenvalue weighted by atomic mass is 16.5. The summed E-state index contributed by atoms with van der Waals surface area (Å²) >= 11 is 0. The Bertz CT molecular complexity index is 310. The van der Waals surface area contributed by atoms with Gasteiger partial charge in [-0.25, -0.2) is 0 Å². The number of methoxy groups -OCH3 is 1. The summed E-state index contributed by atoms with van der Waals surface area (Å²) in [6.07, 6.45) is 3.13. The number of carbonyl (C=O) groups is 2. The molecule has 1 saturated carbocycles. The van der Waals surface area contributed by atoms with Crippen LogP contribution in [0, 0.1) is 11.8 Å². The first-order valence-electron chi connectivity index (χ1n) is 6.93. The summed E-state index contributed by atoms with van der Waals surface area (Å²) in [7, 11) is 7.28. The van der Waals surface area contributed by atoms with E-state index in [2.05, 4.69) is 4.90 Å². The van der Waals surface area contributed by atoms with Crippen LogP contribution in [0.4, 0.5) is 0 Å². The molecule has 19 heavy (non-hydrogen) atoms. The van der Waals surface area contributed by atoms with E-state index in [9.17, 15) is 9.59 Å². The molecule has 0 aromatic carbocycles. The van der Waals surface area contributed by atoms with Gasteiger partial charge in [-0.05, 0) is 39.8 Å². The summed E-state index contributed by atoms with van der Waals surface area (Å²) < 4.78 is 4.76. The highest BCUT2D eigenvalue weighted by Gasteiger charge is 2.31. The lowest BCUT2D eigenvalue weighted by atomic mass is 9.81. The predicted molar refractivity (Wildman–Crippen MR) is 73.7 cm³/mol. The van der Waals surface area contributed by atoms with Crippen LogP contribution in [0.2, 0.25) is 0 Å². The van der Waals surface area contributed by atoms with Crippen LogP contribution < -0.4 is 0 Å². The van der Waals surface area contributed by atoms with Crippen LogP contribution in [-0.2, 0) is 14.3 Å². The van der Waals surface area contributed by atoms with E-state index in [1.807, 2.05) is 26.0 Å². The molecule has 1 fully saturated rings. The molecule has 0 bridgehead atoms. The van der Waals surface area contributed by atoms with Crippen molar-refractivity contribution in [3.8, 4) is 0 Å². The summed E-state index contributed by atoms with van der Waals surface area (Å²) in [6, 6.07) is 0. The van der Waals surface area contributed by atoms with Gasteiger partial charge in [-0.15, -0.1) is 0 Å². The smallest absolute Gasteiger partial charge is 0.308 e. The average molecular weight is 270 g/mol. The minimum atomic E-state index is -0.133. The van der Waals surface area contributed by atoms with Crippen molar-refractivity contribution in [3.63, 3.8) is 0 Å². The van der Waals surface area contributed by atoms with Gasteiger partial charge in [0.25, 0.3) is 0 Å². The van der Waals surface area contributed by atoms with Crippen LogP contribution in [0.1, 0.15) is 25.7 Å². The Morgan fingerprint density at radius 3 is 2.00 bits per heavy atom. The highest BCUT2D eigenvalue weighted by molar-refractivity contribution is 5.79. The van der Waals surface area contributed by atoms with Crippen molar-refractivity contribution in [1.29, 1.82) is 0 Å². The Kier molecular flexibility index (Phi) is 6.28. The molecule has 1 amide bonds. The number of hydrogen-bond acceptors (Lipinski definition) is 4. The van der Waals surface area contributed by atoms with E-state index < -0.39 is 0 Å². The fourth-order valence-corrected chi connectivity index (χ4v) is 2.51. The van der Waals surface area contributed by atoms with Gasteiger partial charge in [0.15, 0.2) is 0 Å². The Morgan fingerprint density at radius 1 is 1.00 bits per heavy atom. The summed E-state index contributed by atoms with van der Waals surface area (Å²) in [4.78, 5) is 27.6. The summed E-state index contributed by atoms with van der Waals surface area (Å²) in [5.41, 5.74) is 0. The summed E-state index contributed by atoms with van der Waals surface area (Å²) in [5, 5.41) is 0. The molecule has 0 spiro atoms. The van der Waals surface area contributed by atoms with Gasteiger partial charge in [0, 0.05) is 26.1 Å². The van der Waals surface area contributed by atoms with Crippen molar-refractivity contribution in [2.45, 2.75) is 25.7 Å². The molecule has 1 rings (SSSR count). The van der Waals surface area contributed by atoms with E-state index in [1.165, 1.54) is 7.11 Å². The maximum absolute atomic E-state index is 12.2. The Hall–Kier alpha value is -1.10. The molecule has 0 N–H and O–H groups in total. The zero-order chi connectivity index (χ0) is 14.4. The Morgan fingerprint density at radius 2 is 1.53 bits per heavy atom. The minimum Gasteiger partial charge on any atom is -0.469 e. The van der Waals surface area contributed by atoms with Crippen molar-refractivity contribution in [3.05, 3.63) is 0 Å². The molecule has 0 heterocycles. The van der Waals surface area contributed by atoms with Crippen molar-refractivity contribution in [1.82, 2.24) is 9.80 Å². The molecule has 0 unspecified atom stereocenters. The topological polar surface area (TPSA) is 49.9 Å². The molecule has 5 heteroatoms. The number of carbonyl (C=O) groups excluding carboxylic acids is 2. The van der Waals surface area contributed by atoms with Crippen LogP contribution in [-0.4, -0.2) is 63.0 Å². The first kappa shape index (κ1) is 16.0. The van der Waals surface area contributed by atoms with E-state index in [4.69, 9.17) is 4.74 Å². The molecular formula is C14H26N2O3. The second-order valence-electron chi connectivity index (χ2n) is 5.63. The van der Waals surface area contributed by atoms with Crippen molar-refractivity contribution in [2.24, 2.45) is 11.8 Å². The second-order valence-corrected chi connectivity index (χ2v) is 5.63. The van der Waals surface area contributed by atoms with E-state index in [1.54, 1.807) is 0 Å². The Labute approximate surface area is 115 Å². The highest BCUT2D eigenvalue weighted by Crippen LogP contribution is 2.30. The molecule has 0 atom stereocenters. The van der Waals surface area contributed by atoms with Crippen molar-refractivity contribution < 1.29 is 14.3 Å². The van der Waals surface area contributed by atoms with Gasteiger partial charge in [0.2, 0.25) is 5.91 Å². The number of ether oxygens (including phenoxy) is 1. The first-order chi connectivity index (χ1) is 8.95. The number of amides is 1. The number of likely N-dealkylation sites (N-methyl/N-ethyl adjacent to an activating group) is 2. The third-order valence-electron chi connectivity index (χ3n) is 3.87. The van der Waals surface area contributed by atoms with Gasteiger partial charge in [0.1, 0.15) is 0 Å². The van der Waals surface area contributed by atoms with Crippen molar-refractivity contribution in [2.75, 3.05) is 41.3 Å². The molecular weight excluding hydrogens is 244 g/mol. The molecule has 5 nitrogen and oxygen atoms in total. The zero-order valence-corrected chi connectivity index (χ0v) is 12.5. The normalized spacial score (nSPS) is 23.2. The molecule has 1 aliphatic rings. The van der Waals surface area contributed by atoms with Gasteiger partial charge >= 0.3 is 5.97 Å². The van der Waals surface area contributed by atoms with Gasteiger partial charge in [-0.1, -0.05) is 0 Å². The first-order valence-corrected chi connectivity index (χ1v) is 6.93. The SMILES string of the molecule is COC(=O)C1CCC(C(=O)N(C)CCN(C)C)CC1. The third-order valence-corrected chi connectivity index (χ3v) is 3.87. The number of nitrogens with zero attached hydrogens (tertiary/aromatic N) is 2. The molecule has 0 aromatic rings. The second kappa shape index (κ2) is 7.48. The van der Waals surface area contributed by atoms with E-state index in [-0.39, 0.29) is 23.7 Å². The fourth-order valence-electron chi connectivity index (χ4n) is 2.51. The van der Waals surface area contributed by atoms with Crippen LogP contribution in [0.15, 0.2) is 0 Å². The lowest BCUT2D eigenvalue weighted by Crippen LogP contribution is -2.39. The summed E-state index contributed by atoms with van der Waals surface area (Å²) in [5.74, 6) is 0.145. The lowest BCUT2D eigenvalue weighted by molar-refractivity contribution is -0.148. The van der Waals surface area contributed by atoms with Gasteiger partial charge in [-0.2, -0.15) is 0 Å². The predicted octanol–water partition coefficient (Wildman–Crippen LogP) is 0.986. The molecule has 0 aromatic heterocycles. The van der Waals surface area contributed by atoms with Crippen LogP contribution in [0.5, 0.6) is 0 Å². The van der Waals surface area contributed by atoms with E-state index in [0.29, 0.717) is 0 Å². The zero-order valence-electron chi connectivity index (χ0n) is 12.5. The standard InChI is InChI=1S/C14H26N2O3/c1-15(2)9-10-16(3)13(17)11-5-7-12(8-6-11)14(18)19-4/h11-12H,5-10H2,1-4H3. The molecule has 0 radical (unpaired) electrons. The molecule has 0 aliphatic heterocycles. The van der Waals surface area contributed by atoms with Crippen LogP contribution >= 0.6 is 0 Å². The number of esters is 1. The minimum absolute atomic E-state index is 0.0128. The number of rotatable bonds is 5. The van der Waals surface area contributed by atoms with Gasteiger partial charge < -0.3 is 14.5 Å². The molecule has 110 valence electrons. The van der Waals surface area contributed by atoms with E-state index in [0.717, 1.165) is 38.8 Å². The van der Waals surface area contributed by atoms with Crippen LogP contribution in [0.25, 0.3) is 0 Å². The average Bonchev–Trinajstić information content (AvgIpc) is 2.43. The monoisotopic (exact) mass is 270 g/mol. The van der Waals surface area contributed by atoms with Gasteiger partial charge in [-0.3, -0.25) is 9.59 Å². The molecule has 1 aliphatic carbocycles. The maximum Gasteiger partial charge on any atom is 0.308 e.